The molecule has 90 valence electrons. The predicted molar refractivity (Wildman–Crippen MR) is 73.8 cm³/mol. The Morgan fingerprint density at radius 2 is 1.88 bits per heavy atom. The van der Waals surface area contributed by atoms with Gasteiger partial charge in [0.15, 0.2) is 0 Å². The summed E-state index contributed by atoms with van der Waals surface area (Å²) in [5.74, 6) is 0. The SMILES string of the molecule is CC(=CCCC=O)CCC=Cc1ccccc1. The average molecular weight is 228 g/mol. The Labute approximate surface area is 104 Å². The third kappa shape index (κ3) is 6.52. The summed E-state index contributed by atoms with van der Waals surface area (Å²) >= 11 is 0. The van der Waals surface area contributed by atoms with Gasteiger partial charge in [-0.3, -0.25) is 0 Å². The molecule has 17 heavy (non-hydrogen) atoms. The van der Waals surface area contributed by atoms with Crippen LogP contribution in [0, 0.1) is 0 Å². The molecule has 0 saturated carbocycles. The highest BCUT2D eigenvalue weighted by Crippen LogP contribution is 2.08. The summed E-state index contributed by atoms with van der Waals surface area (Å²) in [5.41, 5.74) is 2.61. The molecule has 0 fully saturated rings. The maximum atomic E-state index is 10.2. The van der Waals surface area contributed by atoms with Crippen molar-refractivity contribution in [3.63, 3.8) is 0 Å². The van der Waals surface area contributed by atoms with Crippen LogP contribution in [0.25, 0.3) is 6.08 Å². The van der Waals surface area contributed by atoms with Gasteiger partial charge in [-0.1, -0.05) is 54.1 Å². The van der Waals surface area contributed by atoms with Gasteiger partial charge in [-0.05, 0) is 31.7 Å². The lowest BCUT2D eigenvalue weighted by Crippen LogP contribution is -1.78. The van der Waals surface area contributed by atoms with Crippen LogP contribution in [0.3, 0.4) is 0 Å². The Bertz CT molecular complexity index is 374. The number of allylic oxidation sites excluding steroid dienone is 3. The van der Waals surface area contributed by atoms with Crippen molar-refractivity contribution < 1.29 is 4.79 Å². The largest absolute Gasteiger partial charge is 0.303 e. The summed E-state index contributed by atoms with van der Waals surface area (Å²) in [6.45, 7) is 2.13. The van der Waals surface area contributed by atoms with Crippen molar-refractivity contribution in [1.82, 2.24) is 0 Å². The zero-order valence-electron chi connectivity index (χ0n) is 10.4. The van der Waals surface area contributed by atoms with Gasteiger partial charge < -0.3 is 4.79 Å². The number of aldehydes is 1. The second kappa shape index (κ2) is 8.51. The molecule has 0 aliphatic rings. The van der Waals surface area contributed by atoms with E-state index < -0.39 is 0 Å². The van der Waals surface area contributed by atoms with Crippen molar-refractivity contribution in [3.8, 4) is 0 Å². The summed E-state index contributed by atoms with van der Waals surface area (Å²) in [5, 5.41) is 0. The first kappa shape index (κ1) is 13.4. The molecule has 0 aliphatic carbocycles. The van der Waals surface area contributed by atoms with Gasteiger partial charge >= 0.3 is 0 Å². The molecule has 0 amide bonds. The quantitative estimate of drug-likeness (QED) is 0.384. The van der Waals surface area contributed by atoms with Crippen molar-refractivity contribution in [3.05, 3.63) is 53.6 Å². The molecule has 0 heterocycles. The molecule has 0 N–H and O–H groups in total. The lowest BCUT2D eigenvalue weighted by molar-refractivity contribution is -0.107. The highest BCUT2D eigenvalue weighted by molar-refractivity contribution is 5.49. The van der Waals surface area contributed by atoms with Crippen molar-refractivity contribution >= 4 is 12.4 Å². The Morgan fingerprint density at radius 3 is 2.59 bits per heavy atom. The smallest absolute Gasteiger partial charge is 0.120 e. The van der Waals surface area contributed by atoms with Crippen LogP contribution in [-0.4, -0.2) is 6.29 Å². The zero-order valence-corrected chi connectivity index (χ0v) is 10.4. The zero-order chi connectivity index (χ0) is 12.3. The van der Waals surface area contributed by atoms with Crippen LogP contribution >= 0.6 is 0 Å². The second-order valence-corrected chi connectivity index (χ2v) is 4.15. The van der Waals surface area contributed by atoms with E-state index in [1.165, 1.54) is 11.1 Å². The van der Waals surface area contributed by atoms with E-state index in [1.807, 2.05) is 18.2 Å². The molecule has 0 atom stereocenters. The maximum absolute atomic E-state index is 10.2. The monoisotopic (exact) mass is 228 g/mol. The lowest BCUT2D eigenvalue weighted by Gasteiger charge is -1.97. The van der Waals surface area contributed by atoms with E-state index in [2.05, 4.69) is 37.3 Å². The minimum atomic E-state index is 0.636. The molecule has 1 rings (SSSR count). The normalized spacial score (nSPS) is 11.9. The standard InChI is InChI=1S/C16H20O/c1-15(10-7-8-14-17)9-5-6-13-16-11-3-2-4-12-16/h2-4,6,10-14H,5,7-9H2,1H3. The van der Waals surface area contributed by atoms with Gasteiger partial charge in [0.1, 0.15) is 6.29 Å². The Balaban J connectivity index is 2.25. The van der Waals surface area contributed by atoms with Crippen LogP contribution in [-0.2, 0) is 4.79 Å². The topological polar surface area (TPSA) is 17.1 Å². The molecule has 1 aromatic rings. The molecule has 0 bridgehead atoms. The van der Waals surface area contributed by atoms with Gasteiger partial charge in [-0.2, -0.15) is 0 Å². The minimum Gasteiger partial charge on any atom is -0.303 e. The van der Waals surface area contributed by atoms with Crippen LogP contribution in [0.4, 0.5) is 0 Å². The third-order valence-corrected chi connectivity index (χ3v) is 2.59. The maximum Gasteiger partial charge on any atom is 0.120 e. The Kier molecular flexibility index (Phi) is 6.73. The van der Waals surface area contributed by atoms with E-state index in [0.29, 0.717) is 6.42 Å². The number of benzene rings is 1. The van der Waals surface area contributed by atoms with E-state index in [9.17, 15) is 4.79 Å². The van der Waals surface area contributed by atoms with Crippen LogP contribution in [0.15, 0.2) is 48.1 Å². The van der Waals surface area contributed by atoms with Gasteiger partial charge in [0.2, 0.25) is 0 Å². The highest BCUT2D eigenvalue weighted by Gasteiger charge is 1.88. The van der Waals surface area contributed by atoms with Crippen molar-refractivity contribution in [1.29, 1.82) is 0 Å². The molecule has 1 heteroatoms. The van der Waals surface area contributed by atoms with Gasteiger partial charge in [-0.15, -0.1) is 0 Å². The lowest BCUT2D eigenvalue weighted by atomic mass is 10.1. The molecule has 0 saturated heterocycles. The van der Waals surface area contributed by atoms with E-state index >= 15 is 0 Å². The molecule has 0 aromatic heterocycles. The van der Waals surface area contributed by atoms with E-state index in [0.717, 1.165) is 25.5 Å². The predicted octanol–water partition coefficient (Wildman–Crippen LogP) is 4.41. The van der Waals surface area contributed by atoms with Crippen LogP contribution in [0.5, 0.6) is 0 Å². The van der Waals surface area contributed by atoms with Gasteiger partial charge in [-0.25, -0.2) is 0 Å². The molecule has 1 nitrogen and oxygen atoms in total. The first-order chi connectivity index (χ1) is 8.33. The molecule has 0 radical (unpaired) electrons. The first-order valence-corrected chi connectivity index (χ1v) is 6.14. The summed E-state index contributed by atoms with van der Waals surface area (Å²) in [6, 6.07) is 10.3. The summed E-state index contributed by atoms with van der Waals surface area (Å²) in [7, 11) is 0. The molecule has 0 spiro atoms. The number of unbranched alkanes of at least 4 members (excludes halogenated alkanes) is 1. The van der Waals surface area contributed by atoms with Crippen molar-refractivity contribution in [2.45, 2.75) is 32.6 Å². The first-order valence-electron chi connectivity index (χ1n) is 6.14. The van der Waals surface area contributed by atoms with Crippen LogP contribution in [0.2, 0.25) is 0 Å². The molecular weight excluding hydrogens is 208 g/mol. The fraction of sp³-hybridized carbons (Fsp3) is 0.312. The number of rotatable bonds is 7. The molecule has 0 aliphatic heterocycles. The van der Waals surface area contributed by atoms with Gasteiger partial charge in [0, 0.05) is 6.42 Å². The number of carbonyl (C=O) groups excluding carboxylic acids is 1. The number of carbonyl (C=O) groups is 1. The minimum absolute atomic E-state index is 0.636. The Morgan fingerprint density at radius 1 is 1.12 bits per heavy atom. The number of hydrogen-bond donors (Lipinski definition) is 0. The second-order valence-electron chi connectivity index (χ2n) is 4.15. The molecule has 0 unspecified atom stereocenters. The van der Waals surface area contributed by atoms with Gasteiger partial charge in [0.05, 0.1) is 0 Å². The van der Waals surface area contributed by atoms with E-state index in [1.54, 1.807) is 0 Å². The highest BCUT2D eigenvalue weighted by atomic mass is 16.1. The van der Waals surface area contributed by atoms with E-state index in [-0.39, 0.29) is 0 Å². The summed E-state index contributed by atoms with van der Waals surface area (Å²) < 4.78 is 0. The van der Waals surface area contributed by atoms with Crippen molar-refractivity contribution in [2.75, 3.05) is 0 Å². The van der Waals surface area contributed by atoms with E-state index in [4.69, 9.17) is 0 Å². The Hall–Kier alpha value is -1.63. The fourth-order valence-electron chi connectivity index (χ4n) is 1.59. The van der Waals surface area contributed by atoms with Crippen LogP contribution in [0.1, 0.15) is 38.2 Å². The molecule has 1 aromatic carbocycles. The summed E-state index contributed by atoms with van der Waals surface area (Å²) in [6.07, 6.45) is 11.1. The third-order valence-electron chi connectivity index (χ3n) is 2.59. The fourth-order valence-corrected chi connectivity index (χ4v) is 1.59. The average Bonchev–Trinajstić information content (AvgIpc) is 2.36. The van der Waals surface area contributed by atoms with Crippen LogP contribution < -0.4 is 0 Å². The summed E-state index contributed by atoms with van der Waals surface area (Å²) in [4.78, 5) is 10.2. The van der Waals surface area contributed by atoms with Crippen molar-refractivity contribution in [2.24, 2.45) is 0 Å². The number of hydrogen-bond acceptors (Lipinski definition) is 1. The van der Waals surface area contributed by atoms with Gasteiger partial charge in [0.25, 0.3) is 0 Å². The molecular formula is C16H20O.